The van der Waals surface area contributed by atoms with Crippen LogP contribution in [0.25, 0.3) is 0 Å². The van der Waals surface area contributed by atoms with Gasteiger partial charge in [-0.2, -0.15) is 0 Å². The molecule has 2 rings (SSSR count). The molecule has 5 nitrogen and oxygen atoms in total. The van der Waals surface area contributed by atoms with Crippen LogP contribution in [-0.4, -0.2) is 32.3 Å². The lowest BCUT2D eigenvalue weighted by molar-refractivity contribution is -0.116. The first-order chi connectivity index (χ1) is 12.0. The molecule has 1 amide bonds. The molecule has 2 N–H and O–H groups in total. The maximum Gasteiger partial charge on any atom is 0.246 e. The van der Waals surface area contributed by atoms with Crippen LogP contribution >= 0.6 is 0 Å². The van der Waals surface area contributed by atoms with Crippen LogP contribution in [-0.2, 0) is 9.53 Å². The van der Waals surface area contributed by atoms with E-state index in [1.54, 1.807) is 38.3 Å². The van der Waals surface area contributed by atoms with Crippen molar-refractivity contribution >= 4 is 17.3 Å². The molecule has 2 aromatic rings. The van der Waals surface area contributed by atoms with Crippen molar-refractivity contribution in [3.63, 3.8) is 0 Å². The summed E-state index contributed by atoms with van der Waals surface area (Å²) in [6, 6.07) is 9.30. The molecule has 0 spiro atoms. The van der Waals surface area contributed by atoms with Gasteiger partial charge in [-0.05, 0) is 31.2 Å². The summed E-state index contributed by atoms with van der Waals surface area (Å²) in [6.45, 7) is 2.41. The molecule has 1 atom stereocenters. The van der Waals surface area contributed by atoms with Gasteiger partial charge in [-0.1, -0.05) is 12.1 Å². The fraction of sp³-hybridized carbons (Fsp3) is 0.278. The van der Waals surface area contributed by atoms with Gasteiger partial charge in [0.1, 0.15) is 30.0 Å². The zero-order valence-corrected chi connectivity index (χ0v) is 14.0. The number of methoxy groups -OCH3 is 1. The Morgan fingerprint density at radius 3 is 2.64 bits per heavy atom. The fourth-order valence-corrected chi connectivity index (χ4v) is 2.08. The van der Waals surface area contributed by atoms with Crippen molar-refractivity contribution in [3.05, 3.63) is 54.1 Å². The Morgan fingerprint density at radius 2 is 1.88 bits per heavy atom. The van der Waals surface area contributed by atoms with E-state index in [4.69, 9.17) is 9.47 Å². The molecular weight excluding hydrogens is 330 g/mol. The van der Waals surface area contributed by atoms with E-state index < -0.39 is 23.6 Å². The number of hydrogen-bond acceptors (Lipinski definition) is 4. The van der Waals surface area contributed by atoms with Crippen molar-refractivity contribution in [1.82, 2.24) is 0 Å². The number of nitrogens with one attached hydrogen (secondary N) is 2. The number of ether oxygens (including phenoxy) is 2. The van der Waals surface area contributed by atoms with Gasteiger partial charge < -0.3 is 20.1 Å². The van der Waals surface area contributed by atoms with Crippen LogP contribution in [0.2, 0.25) is 0 Å². The number of rotatable bonds is 8. The van der Waals surface area contributed by atoms with Crippen molar-refractivity contribution in [2.45, 2.75) is 13.0 Å². The van der Waals surface area contributed by atoms with Crippen LogP contribution in [0.3, 0.4) is 0 Å². The molecule has 0 bridgehead atoms. The van der Waals surface area contributed by atoms with E-state index in [1.807, 2.05) is 0 Å². The number of para-hydroxylation sites is 2. The van der Waals surface area contributed by atoms with E-state index in [2.05, 4.69) is 10.6 Å². The molecule has 0 aliphatic heterocycles. The molecule has 0 aliphatic rings. The third kappa shape index (κ3) is 5.42. The van der Waals surface area contributed by atoms with Crippen LogP contribution in [0.15, 0.2) is 42.5 Å². The molecular formula is C18H20F2N2O3. The number of carbonyl (C=O) groups excluding carboxylic acids is 1. The highest BCUT2D eigenvalue weighted by Crippen LogP contribution is 2.25. The minimum atomic E-state index is -0.703. The zero-order chi connectivity index (χ0) is 18.2. The number of anilines is 2. The second-order valence-electron chi connectivity index (χ2n) is 5.32. The quantitative estimate of drug-likeness (QED) is 0.716. The Hall–Kier alpha value is -2.67. The first kappa shape index (κ1) is 18.7. The maximum atomic E-state index is 13.6. The Bertz CT molecular complexity index is 725. The molecule has 1 unspecified atom stereocenters. The summed E-state index contributed by atoms with van der Waals surface area (Å²) in [5.41, 5.74) is 0.407. The van der Waals surface area contributed by atoms with Gasteiger partial charge in [0.15, 0.2) is 0 Å². The third-order valence-corrected chi connectivity index (χ3v) is 3.38. The van der Waals surface area contributed by atoms with Gasteiger partial charge in [0.2, 0.25) is 5.91 Å². The van der Waals surface area contributed by atoms with E-state index in [9.17, 15) is 13.6 Å². The van der Waals surface area contributed by atoms with E-state index >= 15 is 0 Å². The smallest absolute Gasteiger partial charge is 0.246 e. The van der Waals surface area contributed by atoms with Crippen molar-refractivity contribution in [3.8, 4) is 5.75 Å². The number of carbonyl (C=O) groups is 1. The largest absolute Gasteiger partial charge is 0.489 e. The van der Waals surface area contributed by atoms with E-state index in [0.717, 1.165) is 18.2 Å². The molecule has 0 aromatic heterocycles. The van der Waals surface area contributed by atoms with Crippen LogP contribution in [0.1, 0.15) is 6.92 Å². The lowest BCUT2D eigenvalue weighted by atomic mass is 10.2. The molecule has 0 radical (unpaired) electrons. The topological polar surface area (TPSA) is 59.6 Å². The van der Waals surface area contributed by atoms with Crippen LogP contribution in [0.5, 0.6) is 5.75 Å². The molecule has 134 valence electrons. The fourth-order valence-electron chi connectivity index (χ4n) is 2.08. The SMILES string of the molecule is COCCOc1ccccc1NC(C)C(=O)Nc1cc(F)ccc1F. The Kier molecular flexibility index (Phi) is 6.71. The Balaban J connectivity index is 2.02. The number of hydrogen-bond donors (Lipinski definition) is 2. The van der Waals surface area contributed by atoms with Gasteiger partial charge in [0.05, 0.1) is 18.0 Å². The van der Waals surface area contributed by atoms with Crippen molar-refractivity contribution < 1.29 is 23.0 Å². The summed E-state index contributed by atoms with van der Waals surface area (Å²) >= 11 is 0. The van der Waals surface area contributed by atoms with E-state index in [1.165, 1.54) is 0 Å². The van der Waals surface area contributed by atoms with Crippen molar-refractivity contribution in [2.75, 3.05) is 31.0 Å². The van der Waals surface area contributed by atoms with Crippen LogP contribution < -0.4 is 15.4 Å². The van der Waals surface area contributed by atoms with Gasteiger partial charge in [-0.15, -0.1) is 0 Å². The van der Waals surface area contributed by atoms with Crippen molar-refractivity contribution in [2.24, 2.45) is 0 Å². The average Bonchev–Trinajstić information content (AvgIpc) is 2.59. The van der Waals surface area contributed by atoms with Gasteiger partial charge in [-0.25, -0.2) is 8.78 Å². The van der Waals surface area contributed by atoms with Gasteiger partial charge >= 0.3 is 0 Å². The first-order valence-corrected chi connectivity index (χ1v) is 7.74. The minimum absolute atomic E-state index is 0.205. The molecule has 0 saturated carbocycles. The molecule has 0 heterocycles. The molecule has 2 aromatic carbocycles. The van der Waals surface area contributed by atoms with Gasteiger partial charge in [-0.3, -0.25) is 4.79 Å². The normalized spacial score (nSPS) is 11.7. The molecule has 0 fully saturated rings. The third-order valence-electron chi connectivity index (χ3n) is 3.38. The highest BCUT2D eigenvalue weighted by atomic mass is 19.1. The summed E-state index contributed by atoms with van der Waals surface area (Å²) in [5.74, 6) is -1.27. The highest BCUT2D eigenvalue weighted by Gasteiger charge is 2.16. The van der Waals surface area contributed by atoms with Gasteiger partial charge in [0.25, 0.3) is 0 Å². The number of amides is 1. The molecule has 0 aliphatic carbocycles. The van der Waals surface area contributed by atoms with Crippen LogP contribution in [0, 0.1) is 11.6 Å². The second-order valence-corrected chi connectivity index (χ2v) is 5.32. The second kappa shape index (κ2) is 8.98. The average molecular weight is 350 g/mol. The summed E-state index contributed by atoms with van der Waals surface area (Å²) in [7, 11) is 1.57. The minimum Gasteiger partial charge on any atom is -0.489 e. The predicted octanol–water partition coefficient (Wildman–Crippen LogP) is 3.43. The molecule has 7 heteroatoms. The predicted molar refractivity (Wildman–Crippen MR) is 91.9 cm³/mol. The Morgan fingerprint density at radius 1 is 1.12 bits per heavy atom. The van der Waals surface area contributed by atoms with E-state index in [0.29, 0.717) is 24.7 Å². The maximum absolute atomic E-state index is 13.6. The summed E-state index contributed by atoms with van der Waals surface area (Å²) in [6.07, 6.45) is 0. The monoisotopic (exact) mass is 350 g/mol. The number of halogens is 2. The molecule has 0 saturated heterocycles. The number of benzene rings is 2. The van der Waals surface area contributed by atoms with E-state index in [-0.39, 0.29) is 5.69 Å². The summed E-state index contributed by atoms with van der Waals surface area (Å²) < 4.78 is 37.3. The highest BCUT2D eigenvalue weighted by molar-refractivity contribution is 5.96. The summed E-state index contributed by atoms with van der Waals surface area (Å²) in [4.78, 5) is 12.2. The lowest BCUT2D eigenvalue weighted by Crippen LogP contribution is -2.32. The van der Waals surface area contributed by atoms with Crippen LogP contribution in [0.4, 0.5) is 20.2 Å². The standard InChI is InChI=1S/C18H20F2N2O3/c1-12(18(23)22-16-11-13(19)7-8-14(16)20)21-15-5-3-4-6-17(15)25-10-9-24-2/h3-8,11-12,21H,9-10H2,1-2H3,(H,22,23). The summed E-state index contributed by atoms with van der Waals surface area (Å²) in [5, 5.41) is 5.36. The Labute approximate surface area is 144 Å². The first-order valence-electron chi connectivity index (χ1n) is 7.74. The molecule has 25 heavy (non-hydrogen) atoms. The lowest BCUT2D eigenvalue weighted by Gasteiger charge is -2.18. The van der Waals surface area contributed by atoms with Gasteiger partial charge in [0, 0.05) is 13.2 Å². The zero-order valence-electron chi connectivity index (χ0n) is 14.0. The van der Waals surface area contributed by atoms with Crippen molar-refractivity contribution in [1.29, 1.82) is 0 Å².